The van der Waals surface area contributed by atoms with Gasteiger partial charge in [0.2, 0.25) is 0 Å². The van der Waals surface area contributed by atoms with Crippen molar-refractivity contribution >= 4 is 39.4 Å². The number of anilines is 1. The summed E-state index contributed by atoms with van der Waals surface area (Å²) in [5.74, 6) is -0.371. The number of ether oxygens (including phenoxy) is 1. The van der Waals surface area contributed by atoms with Crippen LogP contribution in [0.15, 0.2) is 76.7 Å². The molecule has 178 valence electrons. The second kappa shape index (κ2) is 11.0. The highest BCUT2D eigenvalue weighted by molar-refractivity contribution is 7.92. The first kappa shape index (κ1) is 25.1. The topological polar surface area (TPSA) is 108 Å². The molecule has 0 unspecified atom stereocenters. The zero-order chi connectivity index (χ0) is 24.7. The molecule has 0 heterocycles. The molecule has 0 saturated heterocycles. The number of sulfonamides is 1. The minimum Gasteiger partial charge on any atom is -0.504 e. The Morgan fingerprint density at radius 1 is 1.12 bits per heavy atom. The summed E-state index contributed by atoms with van der Waals surface area (Å²) in [6, 6.07) is 17.1. The fraction of sp³-hybridized carbons (Fsp3) is 0.167. The maximum atomic E-state index is 13.3. The number of rotatable bonds is 9. The molecular formula is C24H24ClN3O5S. The van der Waals surface area contributed by atoms with Crippen LogP contribution in [0.5, 0.6) is 11.5 Å². The van der Waals surface area contributed by atoms with Crippen LogP contribution in [-0.2, 0) is 14.8 Å². The summed E-state index contributed by atoms with van der Waals surface area (Å²) in [6.45, 7) is 3.51. The number of amides is 1. The zero-order valence-corrected chi connectivity index (χ0v) is 20.2. The van der Waals surface area contributed by atoms with Crippen molar-refractivity contribution in [3.8, 4) is 11.5 Å². The highest BCUT2D eigenvalue weighted by Crippen LogP contribution is 2.27. The predicted octanol–water partition coefficient (Wildman–Crippen LogP) is 4.10. The zero-order valence-electron chi connectivity index (χ0n) is 18.6. The highest BCUT2D eigenvalue weighted by Gasteiger charge is 2.27. The number of carbonyl (C=O) groups excluding carboxylic acids is 1. The number of hydrazone groups is 1. The average Bonchev–Trinajstić information content (AvgIpc) is 2.80. The summed E-state index contributed by atoms with van der Waals surface area (Å²) in [7, 11) is -4.04. The maximum Gasteiger partial charge on any atom is 0.264 e. The minimum atomic E-state index is -4.04. The van der Waals surface area contributed by atoms with Gasteiger partial charge in [-0.15, -0.1) is 0 Å². The molecule has 0 fully saturated rings. The number of carbonyl (C=O) groups is 1. The molecule has 0 aliphatic heterocycles. The number of nitrogens with one attached hydrogen (secondary N) is 1. The summed E-state index contributed by atoms with van der Waals surface area (Å²) in [4.78, 5) is 12.7. The van der Waals surface area contributed by atoms with Crippen molar-refractivity contribution in [2.24, 2.45) is 5.10 Å². The van der Waals surface area contributed by atoms with Gasteiger partial charge in [-0.25, -0.2) is 13.8 Å². The number of hydrogen-bond donors (Lipinski definition) is 2. The van der Waals surface area contributed by atoms with Crippen LogP contribution in [-0.4, -0.2) is 38.8 Å². The fourth-order valence-corrected chi connectivity index (χ4v) is 4.53. The lowest BCUT2D eigenvalue weighted by molar-refractivity contribution is -0.119. The first-order valence-corrected chi connectivity index (χ1v) is 12.1. The highest BCUT2D eigenvalue weighted by atomic mass is 35.5. The van der Waals surface area contributed by atoms with Crippen LogP contribution >= 0.6 is 11.6 Å². The van der Waals surface area contributed by atoms with Crippen LogP contribution < -0.4 is 14.5 Å². The third-order valence-corrected chi connectivity index (χ3v) is 6.74. The molecule has 3 aromatic carbocycles. The van der Waals surface area contributed by atoms with Crippen molar-refractivity contribution in [2.45, 2.75) is 18.7 Å². The molecule has 3 aromatic rings. The van der Waals surface area contributed by atoms with E-state index in [1.807, 2.05) is 6.92 Å². The lowest BCUT2D eigenvalue weighted by Crippen LogP contribution is -2.39. The summed E-state index contributed by atoms with van der Waals surface area (Å²) in [5, 5.41) is 14.1. The lowest BCUT2D eigenvalue weighted by atomic mass is 10.2. The largest absolute Gasteiger partial charge is 0.504 e. The average molecular weight is 502 g/mol. The number of phenols is 1. The van der Waals surface area contributed by atoms with Crippen molar-refractivity contribution in [2.75, 3.05) is 17.5 Å². The monoisotopic (exact) mass is 501 g/mol. The van der Waals surface area contributed by atoms with Gasteiger partial charge >= 0.3 is 0 Å². The van der Waals surface area contributed by atoms with Crippen molar-refractivity contribution < 1.29 is 23.1 Å². The Bertz CT molecular complexity index is 1280. The molecule has 0 atom stereocenters. The second-order valence-electron chi connectivity index (χ2n) is 7.25. The van der Waals surface area contributed by atoms with Gasteiger partial charge in [-0.2, -0.15) is 5.10 Å². The molecule has 0 bridgehead atoms. The number of halogens is 1. The van der Waals surface area contributed by atoms with E-state index in [0.717, 1.165) is 9.87 Å². The van der Waals surface area contributed by atoms with Crippen LogP contribution in [0.4, 0.5) is 5.69 Å². The van der Waals surface area contributed by atoms with Gasteiger partial charge in [0.25, 0.3) is 15.9 Å². The molecule has 0 spiro atoms. The summed E-state index contributed by atoms with van der Waals surface area (Å²) >= 11 is 5.95. The number of aryl methyl sites for hydroxylation is 1. The molecule has 8 nitrogen and oxygen atoms in total. The number of nitrogens with zero attached hydrogens (tertiary/aromatic N) is 2. The Morgan fingerprint density at radius 2 is 1.79 bits per heavy atom. The van der Waals surface area contributed by atoms with E-state index in [1.54, 1.807) is 43.3 Å². The third-order valence-electron chi connectivity index (χ3n) is 4.70. The smallest absolute Gasteiger partial charge is 0.264 e. The standard InChI is InChI=1S/C24H24ClN3O5S/c1-3-33-23-14-18(6-13-22(23)29)15-26-27-24(30)16-28(20-9-7-19(25)8-10-20)34(31,32)21-11-4-17(2)5-12-21/h4-15,29H,3,16H2,1-2H3,(H,27,30)/b26-15-. The molecule has 34 heavy (non-hydrogen) atoms. The lowest BCUT2D eigenvalue weighted by Gasteiger charge is -2.23. The van der Waals surface area contributed by atoms with Gasteiger partial charge < -0.3 is 9.84 Å². The number of aromatic hydroxyl groups is 1. The Labute approximate surface area is 203 Å². The Kier molecular flexibility index (Phi) is 8.14. The van der Waals surface area contributed by atoms with Gasteiger partial charge in [0.15, 0.2) is 11.5 Å². The van der Waals surface area contributed by atoms with Gasteiger partial charge in [-0.3, -0.25) is 9.10 Å². The van der Waals surface area contributed by atoms with Gasteiger partial charge in [0, 0.05) is 5.02 Å². The van der Waals surface area contributed by atoms with Gasteiger partial charge in [-0.05, 0) is 74.0 Å². The van der Waals surface area contributed by atoms with E-state index < -0.39 is 22.5 Å². The van der Waals surface area contributed by atoms with Crippen molar-refractivity contribution in [3.63, 3.8) is 0 Å². The SMILES string of the molecule is CCOc1cc(/C=N\NC(=O)CN(c2ccc(Cl)cc2)S(=O)(=O)c2ccc(C)cc2)ccc1O. The molecule has 3 rings (SSSR count). The molecule has 1 amide bonds. The predicted molar refractivity (Wildman–Crippen MR) is 132 cm³/mol. The molecule has 10 heteroatoms. The van der Waals surface area contributed by atoms with Crippen molar-refractivity contribution in [3.05, 3.63) is 82.9 Å². The summed E-state index contributed by atoms with van der Waals surface area (Å²) in [6.07, 6.45) is 1.36. The van der Waals surface area contributed by atoms with Crippen LogP contribution in [0.3, 0.4) is 0 Å². The van der Waals surface area contributed by atoms with Gasteiger partial charge in [0.1, 0.15) is 6.54 Å². The molecule has 0 aliphatic carbocycles. The molecule has 0 saturated carbocycles. The van der Waals surface area contributed by atoms with E-state index in [1.165, 1.54) is 36.5 Å². The summed E-state index contributed by atoms with van der Waals surface area (Å²) < 4.78 is 33.0. The fourth-order valence-electron chi connectivity index (χ4n) is 2.99. The van der Waals surface area contributed by atoms with Gasteiger partial charge in [0.05, 0.1) is 23.4 Å². The minimum absolute atomic E-state index is 0.0112. The maximum absolute atomic E-state index is 13.3. The van der Waals surface area contributed by atoms with Crippen LogP contribution in [0.2, 0.25) is 5.02 Å². The van der Waals surface area contributed by atoms with E-state index in [0.29, 0.717) is 17.2 Å². The second-order valence-corrected chi connectivity index (χ2v) is 9.55. The summed E-state index contributed by atoms with van der Waals surface area (Å²) in [5.41, 5.74) is 4.10. The van der Waals surface area contributed by atoms with E-state index in [-0.39, 0.29) is 22.1 Å². The van der Waals surface area contributed by atoms with Crippen LogP contribution in [0.1, 0.15) is 18.1 Å². The van der Waals surface area contributed by atoms with Gasteiger partial charge in [-0.1, -0.05) is 29.3 Å². The van der Waals surface area contributed by atoms with E-state index in [4.69, 9.17) is 16.3 Å². The van der Waals surface area contributed by atoms with Crippen molar-refractivity contribution in [1.82, 2.24) is 5.43 Å². The molecule has 2 N–H and O–H groups in total. The van der Waals surface area contributed by atoms with Crippen LogP contribution in [0, 0.1) is 6.92 Å². The number of hydrogen-bond acceptors (Lipinski definition) is 6. The quantitative estimate of drug-likeness (QED) is 0.339. The Morgan fingerprint density at radius 3 is 2.44 bits per heavy atom. The molecule has 0 aliphatic rings. The van der Waals surface area contributed by atoms with Crippen LogP contribution in [0.25, 0.3) is 0 Å². The molecule has 0 aromatic heterocycles. The van der Waals surface area contributed by atoms with Crippen molar-refractivity contribution in [1.29, 1.82) is 0 Å². The number of phenolic OH excluding ortho intramolecular Hbond substituents is 1. The first-order valence-electron chi connectivity index (χ1n) is 10.3. The first-order chi connectivity index (χ1) is 16.2. The third kappa shape index (κ3) is 6.27. The van der Waals surface area contributed by atoms with E-state index in [2.05, 4.69) is 10.5 Å². The normalized spacial score (nSPS) is 11.4. The molecular weight excluding hydrogens is 478 g/mol. The Balaban J connectivity index is 1.80. The Hall–Kier alpha value is -3.56. The van der Waals surface area contributed by atoms with E-state index in [9.17, 15) is 18.3 Å². The number of benzene rings is 3. The van der Waals surface area contributed by atoms with E-state index >= 15 is 0 Å². The molecule has 0 radical (unpaired) electrons.